The van der Waals surface area contributed by atoms with Crippen LogP contribution in [0.4, 0.5) is 35.1 Å². The largest absolute Gasteiger partial charge is 0.573 e. The third-order valence-electron chi connectivity index (χ3n) is 4.83. The molecule has 4 nitrogen and oxygen atoms in total. The van der Waals surface area contributed by atoms with Crippen LogP contribution < -0.4 is 14.9 Å². The summed E-state index contributed by atoms with van der Waals surface area (Å²) in [5.41, 5.74) is -1.02. The maximum atomic E-state index is 13.4. The van der Waals surface area contributed by atoms with Crippen LogP contribution in [0, 0.1) is 11.6 Å². The van der Waals surface area contributed by atoms with Gasteiger partial charge in [-0.2, -0.15) is 0 Å². The van der Waals surface area contributed by atoms with E-state index in [1.807, 2.05) is 27.7 Å². The smallest absolute Gasteiger partial charge is 0.403 e. The van der Waals surface area contributed by atoms with Crippen molar-refractivity contribution in [2.24, 2.45) is 0 Å². The minimum Gasteiger partial charge on any atom is -0.403 e. The van der Waals surface area contributed by atoms with Gasteiger partial charge in [0, 0.05) is 4.47 Å². The Morgan fingerprint density at radius 1 is 0.735 bits per heavy atom. The first-order valence-electron chi connectivity index (χ1n) is 9.41. The van der Waals surface area contributed by atoms with Gasteiger partial charge in [-0.15, -0.1) is 26.3 Å². The molecule has 2 aromatic carbocycles. The monoisotopic (exact) mass is 564 g/mol. The van der Waals surface area contributed by atoms with E-state index in [1.54, 1.807) is 0 Å². The number of rotatable bonds is 3. The first-order chi connectivity index (χ1) is 15.3. The highest BCUT2D eigenvalue weighted by atomic mass is 79.9. The van der Waals surface area contributed by atoms with Crippen LogP contribution in [0.5, 0.6) is 11.5 Å². The Bertz CT molecular complexity index is 995. The number of halogens is 9. The summed E-state index contributed by atoms with van der Waals surface area (Å²) < 4.78 is 116. The maximum Gasteiger partial charge on any atom is 0.573 e. The van der Waals surface area contributed by atoms with Crippen molar-refractivity contribution in [2.45, 2.75) is 51.6 Å². The molecular formula is C20H18BBrF8O4. The Morgan fingerprint density at radius 2 is 1.15 bits per heavy atom. The molecule has 0 spiro atoms. The molecule has 0 bridgehead atoms. The van der Waals surface area contributed by atoms with E-state index in [2.05, 4.69) is 25.4 Å². The summed E-state index contributed by atoms with van der Waals surface area (Å²) in [5, 5.41) is 0. The molecule has 1 aliphatic rings. The summed E-state index contributed by atoms with van der Waals surface area (Å²) in [7, 11) is -0.883. The number of ether oxygens (including phenoxy) is 2. The summed E-state index contributed by atoms with van der Waals surface area (Å²) >= 11 is 2.89. The van der Waals surface area contributed by atoms with E-state index < -0.39 is 54.2 Å². The number of benzene rings is 2. The van der Waals surface area contributed by atoms with E-state index in [9.17, 15) is 35.1 Å². The molecule has 0 atom stereocenters. The predicted octanol–water partition coefficient (Wildman–Crippen LogP) is 6.51. The van der Waals surface area contributed by atoms with Gasteiger partial charge < -0.3 is 18.8 Å². The number of hydrogen-bond acceptors (Lipinski definition) is 4. The van der Waals surface area contributed by atoms with Gasteiger partial charge in [0.25, 0.3) is 0 Å². The quantitative estimate of drug-likeness (QED) is 0.315. The average Bonchev–Trinajstić information content (AvgIpc) is 2.86. The number of alkyl halides is 6. The van der Waals surface area contributed by atoms with E-state index in [0.29, 0.717) is 4.47 Å². The highest BCUT2D eigenvalue weighted by Crippen LogP contribution is 2.37. The van der Waals surface area contributed by atoms with Crippen LogP contribution in [0.15, 0.2) is 40.9 Å². The first kappa shape index (κ1) is 28.2. The standard InChI is InChI=1S/C13H15BF4O3.C7H3BrF4O/c1-11(2)12(3,4)21-14(20-11)8-5-6-9(15)10(7-8)19-13(16,17)18;8-4-1-2-5(9)6(3-4)13-7(10,11)12/h5-7H,1-4H3;1-3H. The molecule has 0 unspecified atom stereocenters. The summed E-state index contributed by atoms with van der Waals surface area (Å²) in [6, 6.07) is 6.19. The van der Waals surface area contributed by atoms with Gasteiger partial charge in [-0.3, -0.25) is 0 Å². The molecular weight excluding hydrogens is 547 g/mol. The predicted molar refractivity (Wildman–Crippen MR) is 110 cm³/mol. The normalized spacial score (nSPS) is 17.1. The first-order valence-corrected chi connectivity index (χ1v) is 10.2. The third-order valence-corrected chi connectivity index (χ3v) is 5.32. The lowest BCUT2D eigenvalue weighted by Gasteiger charge is -2.32. The molecule has 0 aromatic heterocycles. The van der Waals surface area contributed by atoms with Crippen molar-refractivity contribution in [1.29, 1.82) is 0 Å². The molecule has 3 rings (SSSR count). The Labute approximate surface area is 198 Å². The van der Waals surface area contributed by atoms with Crippen LogP contribution in [-0.2, 0) is 9.31 Å². The van der Waals surface area contributed by atoms with Gasteiger partial charge in [0.2, 0.25) is 0 Å². The maximum absolute atomic E-state index is 13.4. The third kappa shape index (κ3) is 7.74. The van der Waals surface area contributed by atoms with Crippen molar-refractivity contribution in [3.05, 3.63) is 52.5 Å². The van der Waals surface area contributed by atoms with Crippen LogP contribution in [0.25, 0.3) is 0 Å². The van der Waals surface area contributed by atoms with Gasteiger partial charge in [-0.1, -0.05) is 22.0 Å². The van der Waals surface area contributed by atoms with E-state index in [4.69, 9.17) is 9.31 Å². The second kappa shape index (κ2) is 9.90. The van der Waals surface area contributed by atoms with Gasteiger partial charge in [-0.05, 0) is 63.5 Å². The van der Waals surface area contributed by atoms with Gasteiger partial charge >= 0.3 is 19.8 Å². The second-order valence-corrected chi connectivity index (χ2v) is 8.86. The highest BCUT2D eigenvalue weighted by molar-refractivity contribution is 9.10. The van der Waals surface area contributed by atoms with Gasteiger partial charge in [0.1, 0.15) is 0 Å². The summed E-state index contributed by atoms with van der Waals surface area (Å²) in [4.78, 5) is 0. The molecule has 2 aromatic rings. The summed E-state index contributed by atoms with van der Waals surface area (Å²) in [5.74, 6) is -3.91. The molecule has 1 heterocycles. The van der Waals surface area contributed by atoms with E-state index >= 15 is 0 Å². The van der Waals surface area contributed by atoms with Gasteiger partial charge in [0.05, 0.1) is 11.2 Å². The lowest BCUT2D eigenvalue weighted by molar-refractivity contribution is -0.276. The molecule has 188 valence electrons. The molecule has 34 heavy (non-hydrogen) atoms. The topological polar surface area (TPSA) is 36.9 Å². The highest BCUT2D eigenvalue weighted by Gasteiger charge is 2.52. The number of hydrogen-bond donors (Lipinski definition) is 0. The zero-order valence-electron chi connectivity index (χ0n) is 18.1. The molecule has 1 saturated heterocycles. The fourth-order valence-electron chi connectivity index (χ4n) is 2.53. The Morgan fingerprint density at radius 3 is 1.59 bits per heavy atom. The Kier molecular flexibility index (Phi) is 8.21. The van der Waals surface area contributed by atoms with Crippen molar-refractivity contribution in [2.75, 3.05) is 0 Å². The van der Waals surface area contributed by atoms with E-state index in [1.165, 1.54) is 12.1 Å². The van der Waals surface area contributed by atoms with Crippen molar-refractivity contribution < 1.29 is 53.9 Å². The average molecular weight is 565 g/mol. The SMILES string of the molecule is CC1(C)OB(c2ccc(F)c(OC(F)(F)F)c2)OC1(C)C.Fc1ccc(Br)cc1OC(F)(F)F. The minimum absolute atomic E-state index is 0.259. The van der Waals surface area contributed by atoms with Crippen LogP contribution in [0.1, 0.15) is 27.7 Å². The molecule has 1 fully saturated rings. The molecule has 0 saturated carbocycles. The van der Waals surface area contributed by atoms with Crippen LogP contribution in [0.2, 0.25) is 0 Å². The molecule has 0 radical (unpaired) electrons. The van der Waals surface area contributed by atoms with Crippen molar-refractivity contribution in [3.63, 3.8) is 0 Å². The zero-order valence-corrected chi connectivity index (χ0v) is 19.7. The van der Waals surface area contributed by atoms with E-state index in [0.717, 1.165) is 24.3 Å². The Hall–Kier alpha value is -2.06. The van der Waals surface area contributed by atoms with Crippen molar-refractivity contribution >= 4 is 28.5 Å². The van der Waals surface area contributed by atoms with Crippen LogP contribution in [-0.4, -0.2) is 31.0 Å². The fraction of sp³-hybridized carbons (Fsp3) is 0.400. The molecule has 0 amide bonds. The van der Waals surface area contributed by atoms with Crippen LogP contribution in [0.3, 0.4) is 0 Å². The summed E-state index contributed by atoms with van der Waals surface area (Å²) in [6.07, 6.45) is -9.84. The minimum atomic E-state index is -4.96. The fourth-order valence-corrected chi connectivity index (χ4v) is 2.87. The van der Waals surface area contributed by atoms with Crippen molar-refractivity contribution in [1.82, 2.24) is 0 Å². The van der Waals surface area contributed by atoms with Crippen molar-refractivity contribution in [3.8, 4) is 11.5 Å². The van der Waals surface area contributed by atoms with Gasteiger partial charge in [0.15, 0.2) is 23.1 Å². The summed E-state index contributed by atoms with van der Waals surface area (Å²) in [6.45, 7) is 7.24. The molecule has 0 aliphatic carbocycles. The molecule has 14 heteroatoms. The van der Waals surface area contributed by atoms with Gasteiger partial charge in [-0.25, -0.2) is 8.78 Å². The molecule has 1 aliphatic heterocycles. The lowest BCUT2D eigenvalue weighted by Crippen LogP contribution is -2.41. The van der Waals surface area contributed by atoms with Crippen LogP contribution >= 0.6 is 15.9 Å². The molecule has 0 N–H and O–H groups in total. The lowest BCUT2D eigenvalue weighted by atomic mass is 9.79. The second-order valence-electron chi connectivity index (χ2n) is 7.95. The van der Waals surface area contributed by atoms with E-state index in [-0.39, 0.29) is 5.46 Å². The zero-order chi connectivity index (χ0) is 26.1. The Balaban J connectivity index is 0.000000270.